The molecule has 0 saturated carbocycles. The lowest BCUT2D eigenvalue weighted by atomic mass is 9.93. The Kier molecular flexibility index (Phi) is 4.15. The third kappa shape index (κ3) is 2.98. The van der Waals surface area contributed by atoms with E-state index in [9.17, 15) is 14.3 Å². The van der Waals surface area contributed by atoms with Gasteiger partial charge in [0.2, 0.25) is 0 Å². The molecule has 1 saturated heterocycles. The SMILES string of the molecule is O=C(O)C(Nc1ccccc1F)C1CCCOC1. The average molecular weight is 253 g/mol. The van der Waals surface area contributed by atoms with Gasteiger partial charge >= 0.3 is 5.97 Å². The lowest BCUT2D eigenvalue weighted by Crippen LogP contribution is -2.41. The van der Waals surface area contributed by atoms with Crippen molar-refractivity contribution in [1.82, 2.24) is 0 Å². The number of halogens is 1. The maximum absolute atomic E-state index is 13.5. The van der Waals surface area contributed by atoms with Gasteiger partial charge in [-0.05, 0) is 25.0 Å². The van der Waals surface area contributed by atoms with Crippen LogP contribution in [-0.4, -0.2) is 30.3 Å². The Hall–Kier alpha value is -1.62. The third-order valence-electron chi connectivity index (χ3n) is 3.12. The van der Waals surface area contributed by atoms with E-state index in [0.717, 1.165) is 12.8 Å². The van der Waals surface area contributed by atoms with E-state index in [0.29, 0.717) is 13.2 Å². The molecule has 98 valence electrons. The van der Waals surface area contributed by atoms with E-state index in [2.05, 4.69) is 5.32 Å². The Balaban J connectivity index is 2.11. The number of ether oxygens (including phenoxy) is 1. The molecule has 2 unspecified atom stereocenters. The molecule has 0 radical (unpaired) electrons. The molecule has 5 heteroatoms. The zero-order valence-corrected chi connectivity index (χ0v) is 9.93. The summed E-state index contributed by atoms with van der Waals surface area (Å²) in [4.78, 5) is 11.3. The van der Waals surface area contributed by atoms with Crippen LogP contribution in [-0.2, 0) is 9.53 Å². The summed E-state index contributed by atoms with van der Waals surface area (Å²) in [6.45, 7) is 1.07. The fourth-order valence-corrected chi connectivity index (χ4v) is 2.16. The summed E-state index contributed by atoms with van der Waals surface area (Å²) in [6.07, 6.45) is 1.62. The van der Waals surface area contributed by atoms with Crippen molar-refractivity contribution in [3.05, 3.63) is 30.1 Å². The molecule has 0 bridgehead atoms. The first-order chi connectivity index (χ1) is 8.68. The van der Waals surface area contributed by atoms with Crippen LogP contribution in [0.4, 0.5) is 10.1 Å². The molecule has 2 atom stereocenters. The first kappa shape index (κ1) is 12.8. The quantitative estimate of drug-likeness (QED) is 0.863. The molecule has 1 heterocycles. The summed E-state index contributed by atoms with van der Waals surface area (Å²) in [5.41, 5.74) is 0.218. The largest absolute Gasteiger partial charge is 0.480 e. The second-order valence-electron chi connectivity index (χ2n) is 4.42. The molecule has 18 heavy (non-hydrogen) atoms. The van der Waals surface area contributed by atoms with E-state index < -0.39 is 17.8 Å². The van der Waals surface area contributed by atoms with Crippen LogP contribution in [0.5, 0.6) is 0 Å². The van der Waals surface area contributed by atoms with Crippen molar-refractivity contribution < 1.29 is 19.0 Å². The van der Waals surface area contributed by atoms with Gasteiger partial charge in [0, 0.05) is 12.5 Å². The summed E-state index contributed by atoms with van der Waals surface area (Å²) < 4.78 is 18.8. The number of rotatable bonds is 4. The normalized spacial score (nSPS) is 21.3. The number of hydrogen-bond donors (Lipinski definition) is 2. The van der Waals surface area contributed by atoms with Gasteiger partial charge in [-0.25, -0.2) is 9.18 Å². The molecule has 2 rings (SSSR count). The van der Waals surface area contributed by atoms with Gasteiger partial charge < -0.3 is 15.2 Å². The molecule has 0 aromatic heterocycles. The van der Waals surface area contributed by atoms with E-state index in [1.165, 1.54) is 12.1 Å². The minimum absolute atomic E-state index is 0.129. The number of carbonyl (C=O) groups is 1. The predicted molar refractivity (Wildman–Crippen MR) is 65.0 cm³/mol. The van der Waals surface area contributed by atoms with Gasteiger partial charge in [0.25, 0.3) is 0 Å². The lowest BCUT2D eigenvalue weighted by Gasteiger charge is -2.28. The number of aliphatic carboxylic acids is 1. The zero-order valence-electron chi connectivity index (χ0n) is 9.93. The Bertz CT molecular complexity index is 418. The second-order valence-corrected chi connectivity index (χ2v) is 4.42. The Morgan fingerprint density at radius 1 is 1.50 bits per heavy atom. The Morgan fingerprint density at radius 2 is 2.28 bits per heavy atom. The van der Waals surface area contributed by atoms with Crippen LogP contribution < -0.4 is 5.32 Å². The lowest BCUT2D eigenvalue weighted by molar-refractivity contribution is -0.140. The highest BCUT2D eigenvalue weighted by molar-refractivity contribution is 5.77. The van der Waals surface area contributed by atoms with E-state index in [1.54, 1.807) is 12.1 Å². The van der Waals surface area contributed by atoms with Gasteiger partial charge in [0.15, 0.2) is 0 Å². The van der Waals surface area contributed by atoms with Crippen molar-refractivity contribution in [1.29, 1.82) is 0 Å². The molecule has 0 spiro atoms. The minimum atomic E-state index is -0.978. The Labute approximate surface area is 105 Å². The number of hydrogen-bond acceptors (Lipinski definition) is 3. The van der Waals surface area contributed by atoms with E-state index >= 15 is 0 Å². The number of benzene rings is 1. The summed E-state index contributed by atoms with van der Waals surface area (Å²) in [5, 5.41) is 12.0. The zero-order chi connectivity index (χ0) is 13.0. The summed E-state index contributed by atoms with van der Waals surface area (Å²) >= 11 is 0. The monoisotopic (exact) mass is 253 g/mol. The van der Waals surface area contributed by atoms with Crippen LogP contribution in [0.2, 0.25) is 0 Å². The smallest absolute Gasteiger partial charge is 0.326 e. The number of anilines is 1. The molecule has 0 aliphatic carbocycles. The van der Waals surface area contributed by atoms with Gasteiger partial charge in [-0.2, -0.15) is 0 Å². The minimum Gasteiger partial charge on any atom is -0.480 e. The van der Waals surface area contributed by atoms with E-state index in [4.69, 9.17) is 4.74 Å². The highest BCUT2D eigenvalue weighted by Crippen LogP contribution is 2.22. The van der Waals surface area contributed by atoms with E-state index in [1.807, 2.05) is 0 Å². The molecule has 1 aromatic rings. The van der Waals surface area contributed by atoms with Crippen molar-refractivity contribution >= 4 is 11.7 Å². The van der Waals surface area contributed by atoms with Gasteiger partial charge in [0.05, 0.1) is 12.3 Å². The van der Waals surface area contributed by atoms with Crippen molar-refractivity contribution in [3.63, 3.8) is 0 Å². The van der Waals surface area contributed by atoms with Crippen LogP contribution in [0.3, 0.4) is 0 Å². The molecular formula is C13H16FNO3. The fourth-order valence-electron chi connectivity index (χ4n) is 2.16. The molecule has 4 nitrogen and oxygen atoms in total. The Morgan fingerprint density at radius 3 is 2.89 bits per heavy atom. The van der Waals surface area contributed by atoms with Crippen LogP contribution in [0.15, 0.2) is 24.3 Å². The molecule has 1 aliphatic rings. The predicted octanol–water partition coefficient (Wildman–Crippen LogP) is 2.12. The van der Waals surface area contributed by atoms with Crippen molar-refractivity contribution in [2.75, 3.05) is 18.5 Å². The molecular weight excluding hydrogens is 237 g/mol. The van der Waals surface area contributed by atoms with Gasteiger partial charge in [-0.15, -0.1) is 0 Å². The van der Waals surface area contributed by atoms with Crippen LogP contribution >= 0.6 is 0 Å². The first-order valence-corrected chi connectivity index (χ1v) is 6.00. The number of carboxylic acids is 1. The number of nitrogens with one attached hydrogen (secondary N) is 1. The fraction of sp³-hybridized carbons (Fsp3) is 0.462. The average Bonchev–Trinajstić information content (AvgIpc) is 2.38. The summed E-state index contributed by atoms with van der Waals surface area (Å²) in [6, 6.07) is 5.26. The highest BCUT2D eigenvalue weighted by Gasteiger charge is 2.30. The molecule has 1 fully saturated rings. The standard InChI is InChI=1S/C13H16FNO3/c14-10-5-1-2-6-11(10)15-12(13(16)17)9-4-3-7-18-8-9/h1-2,5-6,9,12,15H,3-4,7-8H2,(H,16,17). The second kappa shape index (κ2) is 5.82. The van der Waals surface area contributed by atoms with Gasteiger partial charge in [-0.1, -0.05) is 12.1 Å². The number of carboxylic acid groups (broad SMARTS) is 1. The van der Waals surface area contributed by atoms with Gasteiger partial charge in [0.1, 0.15) is 11.9 Å². The third-order valence-corrected chi connectivity index (χ3v) is 3.12. The highest BCUT2D eigenvalue weighted by atomic mass is 19.1. The summed E-state index contributed by atoms with van der Waals surface area (Å²) in [7, 11) is 0. The van der Waals surface area contributed by atoms with Crippen LogP contribution in [0.25, 0.3) is 0 Å². The summed E-state index contributed by atoms with van der Waals surface area (Å²) in [5.74, 6) is -1.55. The van der Waals surface area contributed by atoms with Crippen molar-refractivity contribution in [2.45, 2.75) is 18.9 Å². The van der Waals surface area contributed by atoms with E-state index in [-0.39, 0.29) is 11.6 Å². The van der Waals surface area contributed by atoms with Crippen LogP contribution in [0.1, 0.15) is 12.8 Å². The topological polar surface area (TPSA) is 58.6 Å². The maximum Gasteiger partial charge on any atom is 0.326 e. The van der Waals surface area contributed by atoms with Crippen LogP contribution in [0, 0.1) is 11.7 Å². The van der Waals surface area contributed by atoms with Crippen molar-refractivity contribution in [3.8, 4) is 0 Å². The molecule has 2 N–H and O–H groups in total. The maximum atomic E-state index is 13.5. The molecule has 0 amide bonds. The first-order valence-electron chi connectivity index (χ1n) is 6.00. The van der Waals surface area contributed by atoms with Gasteiger partial charge in [-0.3, -0.25) is 0 Å². The molecule has 1 aromatic carbocycles. The van der Waals surface area contributed by atoms with Crippen molar-refractivity contribution in [2.24, 2.45) is 5.92 Å². The number of para-hydroxylation sites is 1. The molecule has 1 aliphatic heterocycles.